The van der Waals surface area contributed by atoms with Crippen molar-refractivity contribution in [3.8, 4) is 0 Å². The number of ether oxygens (including phenoxy) is 1. The number of nitro benzene ring substituents is 1. The molecule has 3 rings (SSSR count). The normalized spacial score (nSPS) is 29.7. The van der Waals surface area contributed by atoms with Crippen LogP contribution in [0.4, 0.5) is 5.69 Å². The molecular weight excluding hydrogens is 242 g/mol. The van der Waals surface area contributed by atoms with E-state index in [1.54, 1.807) is 12.1 Å². The van der Waals surface area contributed by atoms with Crippen LogP contribution in [0.3, 0.4) is 0 Å². The van der Waals surface area contributed by atoms with Crippen molar-refractivity contribution in [2.24, 2.45) is 11.8 Å². The van der Waals surface area contributed by atoms with E-state index < -0.39 is 0 Å². The minimum Gasteiger partial charge on any atom is -0.373 e. The van der Waals surface area contributed by atoms with Crippen molar-refractivity contribution in [1.82, 2.24) is 0 Å². The molecule has 19 heavy (non-hydrogen) atoms. The van der Waals surface area contributed by atoms with Gasteiger partial charge in [-0.2, -0.15) is 0 Å². The standard InChI is InChI=1S/C15H17NO3/c1-10-2-3-11-8-14(10)15(19-9-11)12-4-6-13(7-5-12)16(17)18/h2,4-7,11,14-15H,3,8-9H2,1H3/t11-,14-,15+/m1/s1. The minimum absolute atomic E-state index is 0.0496. The van der Waals surface area contributed by atoms with Crippen LogP contribution < -0.4 is 0 Å². The fourth-order valence-corrected chi connectivity index (χ4v) is 3.11. The molecule has 3 atom stereocenters. The van der Waals surface area contributed by atoms with Crippen molar-refractivity contribution >= 4 is 5.69 Å². The summed E-state index contributed by atoms with van der Waals surface area (Å²) >= 11 is 0. The number of allylic oxidation sites excluding steroid dienone is 1. The Morgan fingerprint density at radius 2 is 2.05 bits per heavy atom. The van der Waals surface area contributed by atoms with Gasteiger partial charge < -0.3 is 4.74 Å². The monoisotopic (exact) mass is 259 g/mol. The SMILES string of the molecule is CC1=CC[C@H]2CO[C@@H](c3ccc([N+](=O)[O-])cc3)[C@@H]1C2. The maximum atomic E-state index is 10.7. The predicted octanol–water partition coefficient (Wildman–Crippen LogP) is 3.64. The van der Waals surface area contributed by atoms with Gasteiger partial charge >= 0.3 is 0 Å². The van der Waals surface area contributed by atoms with Gasteiger partial charge in [-0.05, 0) is 43.4 Å². The van der Waals surface area contributed by atoms with Crippen molar-refractivity contribution in [3.05, 3.63) is 51.6 Å². The lowest BCUT2D eigenvalue weighted by atomic mass is 9.75. The van der Waals surface area contributed by atoms with Gasteiger partial charge in [0.25, 0.3) is 5.69 Å². The molecule has 4 heteroatoms. The highest BCUT2D eigenvalue weighted by Crippen LogP contribution is 2.44. The van der Waals surface area contributed by atoms with Crippen LogP contribution in [-0.2, 0) is 4.74 Å². The third kappa shape index (κ3) is 2.28. The smallest absolute Gasteiger partial charge is 0.269 e. The number of benzene rings is 1. The lowest BCUT2D eigenvalue weighted by molar-refractivity contribution is -0.384. The second-order valence-electron chi connectivity index (χ2n) is 5.49. The highest BCUT2D eigenvalue weighted by atomic mass is 16.6. The zero-order valence-electron chi connectivity index (χ0n) is 10.9. The summed E-state index contributed by atoms with van der Waals surface area (Å²) in [6.45, 7) is 2.95. The Labute approximate surface area is 112 Å². The third-order valence-electron chi connectivity index (χ3n) is 4.25. The van der Waals surface area contributed by atoms with Crippen molar-refractivity contribution in [3.63, 3.8) is 0 Å². The largest absolute Gasteiger partial charge is 0.373 e. The van der Waals surface area contributed by atoms with Gasteiger partial charge in [0.2, 0.25) is 0 Å². The zero-order chi connectivity index (χ0) is 13.4. The lowest BCUT2D eigenvalue weighted by Gasteiger charge is -2.40. The summed E-state index contributed by atoms with van der Waals surface area (Å²) in [6.07, 6.45) is 4.66. The zero-order valence-corrected chi connectivity index (χ0v) is 10.9. The van der Waals surface area contributed by atoms with Crippen molar-refractivity contribution in [2.45, 2.75) is 25.9 Å². The number of nitro groups is 1. The summed E-state index contributed by atoms with van der Waals surface area (Å²) in [5.74, 6) is 1.07. The molecule has 2 bridgehead atoms. The number of rotatable bonds is 2. The molecule has 100 valence electrons. The topological polar surface area (TPSA) is 52.4 Å². The van der Waals surface area contributed by atoms with E-state index in [0.29, 0.717) is 11.8 Å². The maximum Gasteiger partial charge on any atom is 0.269 e. The molecule has 0 radical (unpaired) electrons. The Kier molecular flexibility index (Phi) is 3.11. The highest BCUT2D eigenvalue weighted by molar-refractivity contribution is 5.35. The Hall–Kier alpha value is -1.68. The number of hydrogen-bond acceptors (Lipinski definition) is 3. The first-order chi connectivity index (χ1) is 9.15. The molecule has 4 nitrogen and oxygen atoms in total. The van der Waals surface area contributed by atoms with Crippen LogP contribution in [0.15, 0.2) is 35.9 Å². The van der Waals surface area contributed by atoms with Crippen LogP contribution >= 0.6 is 0 Å². The van der Waals surface area contributed by atoms with E-state index >= 15 is 0 Å². The van der Waals surface area contributed by atoms with E-state index in [9.17, 15) is 10.1 Å². The third-order valence-corrected chi connectivity index (χ3v) is 4.25. The van der Waals surface area contributed by atoms with Crippen molar-refractivity contribution in [2.75, 3.05) is 6.61 Å². The minimum atomic E-state index is -0.368. The highest BCUT2D eigenvalue weighted by Gasteiger charge is 2.35. The quantitative estimate of drug-likeness (QED) is 0.463. The first-order valence-corrected chi connectivity index (χ1v) is 6.68. The number of hydrogen-bond donors (Lipinski definition) is 0. The molecule has 1 saturated heterocycles. The number of non-ortho nitro benzene ring substituents is 1. The van der Waals surface area contributed by atoms with Crippen LogP contribution in [0, 0.1) is 22.0 Å². The molecule has 0 saturated carbocycles. The van der Waals surface area contributed by atoms with Gasteiger partial charge in [-0.15, -0.1) is 0 Å². The molecule has 1 aromatic carbocycles. The summed E-state index contributed by atoms with van der Waals surface area (Å²) in [6, 6.07) is 6.77. The van der Waals surface area contributed by atoms with E-state index in [4.69, 9.17) is 4.74 Å². The van der Waals surface area contributed by atoms with Crippen LogP contribution in [-0.4, -0.2) is 11.5 Å². The van der Waals surface area contributed by atoms with Crippen molar-refractivity contribution < 1.29 is 9.66 Å². The molecule has 0 spiro atoms. The molecule has 1 aromatic rings. The summed E-state index contributed by atoms with van der Waals surface area (Å²) in [5.41, 5.74) is 2.57. The molecule has 0 aromatic heterocycles. The Morgan fingerprint density at radius 3 is 2.74 bits per heavy atom. The number of fused-ring (bicyclic) bond motifs is 2. The van der Waals surface area contributed by atoms with Gasteiger partial charge in [0, 0.05) is 18.1 Å². The van der Waals surface area contributed by atoms with E-state index in [1.807, 2.05) is 12.1 Å². The van der Waals surface area contributed by atoms with E-state index in [-0.39, 0.29) is 16.7 Å². The average Bonchev–Trinajstić information content (AvgIpc) is 2.43. The second-order valence-corrected chi connectivity index (χ2v) is 5.49. The summed E-state index contributed by atoms with van der Waals surface area (Å²) in [4.78, 5) is 10.3. The molecule has 2 aliphatic rings. The van der Waals surface area contributed by atoms with Crippen LogP contribution in [0.1, 0.15) is 31.4 Å². The summed E-state index contributed by atoms with van der Waals surface area (Å²) < 4.78 is 5.99. The second kappa shape index (κ2) is 4.78. The fourth-order valence-electron chi connectivity index (χ4n) is 3.11. The van der Waals surface area contributed by atoms with Gasteiger partial charge in [-0.3, -0.25) is 10.1 Å². The maximum absolute atomic E-state index is 10.7. The molecule has 1 aliphatic carbocycles. The molecule has 1 fully saturated rings. The molecule has 0 amide bonds. The van der Waals surface area contributed by atoms with Gasteiger partial charge in [0.1, 0.15) is 0 Å². The summed E-state index contributed by atoms with van der Waals surface area (Å²) in [7, 11) is 0. The van der Waals surface area contributed by atoms with Crippen LogP contribution in [0.5, 0.6) is 0 Å². The summed E-state index contributed by atoms with van der Waals surface area (Å²) in [5, 5.41) is 10.7. The van der Waals surface area contributed by atoms with Crippen LogP contribution in [0.2, 0.25) is 0 Å². The van der Waals surface area contributed by atoms with Gasteiger partial charge in [0.05, 0.1) is 17.6 Å². The average molecular weight is 259 g/mol. The molecule has 0 unspecified atom stereocenters. The first-order valence-electron chi connectivity index (χ1n) is 6.68. The number of nitrogens with zero attached hydrogens (tertiary/aromatic N) is 1. The Balaban J connectivity index is 1.87. The molecule has 1 aliphatic heterocycles. The first kappa shape index (κ1) is 12.4. The molecule has 1 heterocycles. The van der Waals surface area contributed by atoms with Crippen LogP contribution in [0.25, 0.3) is 0 Å². The predicted molar refractivity (Wildman–Crippen MR) is 71.8 cm³/mol. The Morgan fingerprint density at radius 1 is 1.32 bits per heavy atom. The van der Waals surface area contributed by atoms with Crippen molar-refractivity contribution in [1.29, 1.82) is 0 Å². The van der Waals surface area contributed by atoms with E-state index in [1.165, 1.54) is 12.0 Å². The van der Waals surface area contributed by atoms with Gasteiger partial charge in [-0.1, -0.05) is 11.6 Å². The van der Waals surface area contributed by atoms with Gasteiger partial charge in [0.15, 0.2) is 0 Å². The van der Waals surface area contributed by atoms with E-state index in [2.05, 4.69) is 13.0 Å². The Bertz CT molecular complexity index is 521. The van der Waals surface area contributed by atoms with E-state index in [0.717, 1.165) is 18.6 Å². The lowest BCUT2D eigenvalue weighted by Crippen LogP contribution is -2.32. The molecule has 0 N–H and O–H groups in total. The molecular formula is C15H17NO3. The fraction of sp³-hybridized carbons (Fsp3) is 0.467. The van der Waals surface area contributed by atoms with Gasteiger partial charge in [-0.25, -0.2) is 0 Å².